The molecule has 2 atom stereocenters. The van der Waals surface area contributed by atoms with E-state index in [1.807, 2.05) is 11.8 Å². The van der Waals surface area contributed by atoms with E-state index in [0.717, 1.165) is 19.2 Å². The molecule has 1 aromatic rings. The summed E-state index contributed by atoms with van der Waals surface area (Å²) in [5, 5.41) is 3.46. The van der Waals surface area contributed by atoms with E-state index in [1.165, 1.54) is 12.1 Å². The van der Waals surface area contributed by atoms with Gasteiger partial charge in [0, 0.05) is 31.2 Å². The van der Waals surface area contributed by atoms with Gasteiger partial charge in [0.2, 0.25) is 0 Å². The van der Waals surface area contributed by atoms with Crippen molar-refractivity contribution in [1.29, 1.82) is 0 Å². The molecule has 2 rings (SSSR count). The largest absolute Gasteiger partial charge is 0.364 e. The molecule has 0 aliphatic carbocycles. The van der Waals surface area contributed by atoms with Crippen LogP contribution >= 0.6 is 0 Å². The number of halogens is 2. The van der Waals surface area contributed by atoms with Crippen LogP contribution in [0.4, 0.5) is 14.5 Å². The Hall–Kier alpha value is -1.16. The van der Waals surface area contributed by atoms with Crippen LogP contribution in [0.25, 0.3) is 0 Å². The lowest BCUT2D eigenvalue weighted by atomic mass is 9.99. The van der Waals surface area contributed by atoms with Crippen LogP contribution < -0.4 is 10.2 Å². The van der Waals surface area contributed by atoms with Crippen LogP contribution in [0.3, 0.4) is 0 Å². The Morgan fingerprint density at radius 2 is 2.06 bits per heavy atom. The number of nitrogens with one attached hydrogen (secondary N) is 1. The van der Waals surface area contributed by atoms with Gasteiger partial charge in [0.25, 0.3) is 0 Å². The lowest BCUT2D eigenvalue weighted by molar-refractivity contribution is 0.335. The summed E-state index contributed by atoms with van der Waals surface area (Å²) in [6.07, 6.45) is 0. The van der Waals surface area contributed by atoms with Crippen molar-refractivity contribution in [3.8, 4) is 0 Å². The summed E-state index contributed by atoms with van der Waals surface area (Å²) < 4.78 is 26.8. The van der Waals surface area contributed by atoms with Crippen LogP contribution in [0.5, 0.6) is 0 Å². The zero-order valence-electron chi connectivity index (χ0n) is 11.1. The molecule has 2 unspecified atom stereocenters. The first-order valence-corrected chi connectivity index (χ1v) is 6.44. The Bertz CT molecular complexity index is 420. The Labute approximate surface area is 107 Å². The third-order valence-electron chi connectivity index (χ3n) is 3.62. The molecule has 0 saturated carbocycles. The Balaban J connectivity index is 2.24. The molecule has 0 amide bonds. The Kier molecular flexibility index (Phi) is 3.85. The monoisotopic (exact) mass is 254 g/mol. The summed E-state index contributed by atoms with van der Waals surface area (Å²) in [7, 11) is 0. The summed E-state index contributed by atoms with van der Waals surface area (Å²) in [5.41, 5.74) is 0.496. The third kappa shape index (κ3) is 2.64. The normalized spacial score (nSPS) is 24.7. The first kappa shape index (κ1) is 13.3. The third-order valence-corrected chi connectivity index (χ3v) is 3.62. The number of rotatable bonds is 2. The Morgan fingerprint density at radius 3 is 2.67 bits per heavy atom. The second kappa shape index (κ2) is 5.22. The van der Waals surface area contributed by atoms with Crippen molar-refractivity contribution in [1.82, 2.24) is 5.32 Å². The van der Waals surface area contributed by atoms with Gasteiger partial charge in [-0.15, -0.1) is 0 Å². The molecule has 1 fully saturated rings. The first-order chi connectivity index (χ1) is 8.49. The van der Waals surface area contributed by atoms with Gasteiger partial charge in [-0.1, -0.05) is 13.8 Å². The highest BCUT2D eigenvalue weighted by atomic mass is 19.1. The topological polar surface area (TPSA) is 15.3 Å². The van der Waals surface area contributed by atoms with Crippen molar-refractivity contribution in [2.45, 2.75) is 32.9 Å². The molecule has 0 aromatic heterocycles. The molecule has 0 bridgehead atoms. The van der Waals surface area contributed by atoms with Crippen LogP contribution in [0, 0.1) is 17.6 Å². The molecular formula is C14H20F2N2. The highest BCUT2D eigenvalue weighted by Gasteiger charge is 2.28. The molecule has 2 nitrogen and oxygen atoms in total. The van der Waals surface area contributed by atoms with Crippen LogP contribution in [-0.4, -0.2) is 25.2 Å². The van der Waals surface area contributed by atoms with Gasteiger partial charge in [-0.3, -0.25) is 0 Å². The van der Waals surface area contributed by atoms with E-state index in [4.69, 9.17) is 0 Å². The van der Waals surface area contributed by atoms with Crippen molar-refractivity contribution >= 4 is 5.69 Å². The molecule has 0 spiro atoms. The average molecular weight is 254 g/mol. The molecule has 1 aliphatic rings. The molecule has 1 saturated heterocycles. The van der Waals surface area contributed by atoms with E-state index in [1.54, 1.807) is 0 Å². The quantitative estimate of drug-likeness (QED) is 0.873. The van der Waals surface area contributed by atoms with Crippen molar-refractivity contribution < 1.29 is 8.78 Å². The molecular weight excluding hydrogens is 234 g/mol. The fourth-order valence-corrected chi connectivity index (χ4v) is 2.39. The molecule has 1 N–H and O–H groups in total. The highest BCUT2D eigenvalue weighted by molar-refractivity contribution is 5.49. The minimum Gasteiger partial charge on any atom is -0.364 e. The number of hydrogen-bond acceptors (Lipinski definition) is 2. The summed E-state index contributed by atoms with van der Waals surface area (Å²) in [6.45, 7) is 7.91. The average Bonchev–Trinajstić information content (AvgIpc) is 2.30. The van der Waals surface area contributed by atoms with E-state index in [-0.39, 0.29) is 6.04 Å². The minimum absolute atomic E-state index is 0.208. The molecule has 100 valence electrons. The van der Waals surface area contributed by atoms with Crippen LogP contribution in [-0.2, 0) is 0 Å². The number of benzene rings is 1. The van der Waals surface area contributed by atoms with E-state index in [9.17, 15) is 8.78 Å². The maximum absolute atomic E-state index is 13.8. The SMILES string of the molecule is CC(C)C1CN(c2ccc(F)cc2F)C(C)CN1. The number of piperazine rings is 1. The zero-order chi connectivity index (χ0) is 13.3. The van der Waals surface area contributed by atoms with Crippen LogP contribution in [0.2, 0.25) is 0 Å². The van der Waals surface area contributed by atoms with Gasteiger partial charge in [0.05, 0.1) is 5.69 Å². The molecule has 1 aliphatic heterocycles. The van der Waals surface area contributed by atoms with Crippen LogP contribution in [0.1, 0.15) is 20.8 Å². The predicted molar refractivity (Wildman–Crippen MR) is 69.8 cm³/mol. The molecule has 0 radical (unpaired) electrons. The van der Waals surface area contributed by atoms with Gasteiger partial charge < -0.3 is 10.2 Å². The van der Waals surface area contributed by atoms with Gasteiger partial charge >= 0.3 is 0 Å². The highest BCUT2D eigenvalue weighted by Crippen LogP contribution is 2.25. The maximum atomic E-state index is 13.8. The number of nitrogens with zero attached hydrogens (tertiary/aromatic N) is 1. The van der Waals surface area contributed by atoms with Gasteiger partial charge in [-0.05, 0) is 25.0 Å². The van der Waals surface area contributed by atoms with E-state index >= 15 is 0 Å². The molecule has 18 heavy (non-hydrogen) atoms. The van der Waals surface area contributed by atoms with E-state index < -0.39 is 11.6 Å². The first-order valence-electron chi connectivity index (χ1n) is 6.44. The predicted octanol–water partition coefficient (Wildman–Crippen LogP) is 2.79. The standard InChI is InChI=1S/C14H20F2N2/c1-9(2)13-8-18(10(3)7-17-13)14-5-4-11(15)6-12(14)16/h4-6,9-10,13,17H,7-8H2,1-3H3. The van der Waals surface area contributed by atoms with Crippen molar-refractivity contribution in [2.75, 3.05) is 18.0 Å². The lowest BCUT2D eigenvalue weighted by Gasteiger charge is -2.42. The smallest absolute Gasteiger partial charge is 0.149 e. The van der Waals surface area contributed by atoms with E-state index in [2.05, 4.69) is 19.2 Å². The summed E-state index contributed by atoms with van der Waals surface area (Å²) in [4.78, 5) is 2.02. The fourth-order valence-electron chi connectivity index (χ4n) is 2.39. The maximum Gasteiger partial charge on any atom is 0.149 e. The number of hydrogen-bond donors (Lipinski definition) is 1. The van der Waals surface area contributed by atoms with Gasteiger partial charge in [0.15, 0.2) is 0 Å². The van der Waals surface area contributed by atoms with Gasteiger partial charge in [-0.2, -0.15) is 0 Å². The number of anilines is 1. The van der Waals surface area contributed by atoms with Crippen molar-refractivity contribution in [3.05, 3.63) is 29.8 Å². The zero-order valence-corrected chi connectivity index (χ0v) is 11.1. The minimum atomic E-state index is -0.528. The van der Waals surface area contributed by atoms with Gasteiger partial charge in [0.1, 0.15) is 11.6 Å². The van der Waals surface area contributed by atoms with E-state index in [0.29, 0.717) is 17.6 Å². The molecule has 4 heteroatoms. The second-order valence-electron chi connectivity index (χ2n) is 5.36. The summed E-state index contributed by atoms with van der Waals surface area (Å²) in [6, 6.07) is 4.35. The summed E-state index contributed by atoms with van der Waals surface area (Å²) in [5.74, 6) is -0.519. The second-order valence-corrected chi connectivity index (χ2v) is 5.36. The van der Waals surface area contributed by atoms with Crippen molar-refractivity contribution in [2.24, 2.45) is 5.92 Å². The van der Waals surface area contributed by atoms with Gasteiger partial charge in [-0.25, -0.2) is 8.78 Å². The Morgan fingerprint density at radius 1 is 1.33 bits per heavy atom. The van der Waals surface area contributed by atoms with Crippen LogP contribution in [0.15, 0.2) is 18.2 Å². The molecule has 1 heterocycles. The summed E-state index contributed by atoms with van der Waals surface area (Å²) >= 11 is 0. The lowest BCUT2D eigenvalue weighted by Crippen LogP contribution is -2.57. The van der Waals surface area contributed by atoms with Crippen molar-refractivity contribution in [3.63, 3.8) is 0 Å². The fraction of sp³-hybridized carbons (Fsp3) is 0.571. The molecule has 1 aromatic carbocycles.